The summed E-state index contributed by atoms with van der Waals surface area (Å²) in [4.78, 5) is 48.3. The highest BCUT2D eigenvalue weighted by atomic mass is 35.5. The van der Waals surface area contributed by atoms with Crippen LogP contribution in [0, 0.1) is 6.92 Å². The van der Waals surface area contributed by atoms with Gasteiger partial charge < -0.3 is 14.0 Å². The Kier molecular flexibility index (Phi) is 7.95. The first-order valence-electron chi connectivity index (χ1n) is 11.6. The summed E-state index contributed by atoms with van der Waals surface area (Å²) in [5.41, 5.74) is 1.91. The predicted molar refractivity (Wildman–Crippen MR) is 141 cm³/mol. The normalized spacial score (nSPS) is 12.1. The molecule has 0 fully saturated rings. The smallest absolute Gasteiger partial charge is 0.341 e. The molecule has 0 aliphatic rings. The lowest BCUT2D eigenvalue weighted by Crippen LogP contribution is -2.33. The number of ether oxygens (including phenoxy) is 2. The van der Waals surface area contributed by atoms with Gasteiger partial charge in [0, 0.05) is 31.0 Å². The third-order valence-corrected chi connectivity index (χ3v) is 5.88. The number of nitrogens with zero attached hydrogens (tertiary/aromatic N) is 4. The lowest BCUT2D eigenvalue weighted by molar-refractivity contribution is -0.113. The van der Waals surface area contributed by atoms with E-state index in [-0.39, 0.29) is 47.4 Å². The number of hydrogen-bond donors (Lipinski definition) is 0. The molecule has 190 valence electrons. The fourth-order valence-corrected chi connectivity index (χ4v) is 3.97. The minimum absolute atomic E-state index is 0.0230. The molecule has 0 aliphatic heterocycles. The Morgan fingerprint density at radius 1 is 1.16 bits per heavy atom. The number of pyridine rings is 2. The average molecular weight is 521 g/mol. The van der Waals surface area contributed by atoms with Crippen LogP contribution in [0.2, 0.25) is 5.02 Å². The molecule has 3 aromatic heterocycles. The van der Waals surface area contributed by atoms with Gasteiger partial charge in [0.05, 0.1) is 18.6 Å². The average Bonchev–Trinajstić information content (AvgIpc) is 2.88. The van der Waals surface area contributed by atoms with E-state index in [9.17, 15) is 14.4 Å². The summed E-state index contributed by atoms with van der Waals surface area (Å²) in [6.45, 7) is 4.02. The molecule has 0 saturated carbocycles. The number of aromatic nitrogens is 3. The van der Waals surface area contributed by atoms with Gasteiger partial charge in [-0.15, -0.1) is 0 Å². The number of aryl methyl sites for hydroxylation is 1. The molecule has 0 spiro atoms. The number of amides is 1. The van der Waals surface area contributed by atoms with Crippen LogP contribution in [0.25, 0.3) is 22.8 Å². The molecule has 1 aromatic carbocycles. The number of halogens is 1. The van der Waals surface area contributed by atoms with E-state index in [1.807, 2.05) is 13.0 Å². The number of rotatable bonds is 7. The van der Waals surface area contributed by atoms with Crippen LogP contribution in [-0.2, 0) is 20.8 Å². The summed E-state index contributed by atoms with van der Waals surface area (Å²) in [5, 5.41) is 0.763. The first-order chi connectivity index (χ1) is 17.8. The molecule has 0 radical (unpaired) electrons. The Labute approximate surface area is 217 Å². The third-order valence-electron chi connectivity index (χ3n) is 5.62. The van der Waals surface area contributed by atoms with Crippen molar-refractivity contribution in [1.29, 1.82) is 0 Å². The van der Waals surface area contributed by atoms with E-state index in [1.54, 1.807) is 54.1 Å². The maximum Gasteiger partial charge on any atom is 0.341 e. The highest BCUT2D eigenvalue weighted by molar-refractivity contribution is 6.30. The molecule has 37 heavy (non-hydrogen) atoms. The van der Waals surface area contributed by atoms with Gasteiger partial charge in [0.1, 0.15) is 16.9 Å². The van der Waals surface area contributed by atoms with E-state index in [1.165, 1.54) is 23.7 Å². The summed E-state index contributed by atoms with van der Waals surface area (Å²) in [6, 6.07) is 11.9. The van der Waals surface area contributed by atoms with E-state index in [0.29, 0.717) is 10.7 Å². The van der Waals surface area contributed by atoms with E-state index in [2.05, 4.69) is 4.99 Å². The highest BCUT2D eigenvalue weighted by Crippen LogP contribution is 2.14. The Bertz CT molecular complexity index is 1650. The van der Waals surface area contributed by atoms with Crippen molar-refractivity contribution in [1.82, 2.24) is 14.0 Å². The Morgan fingerprint density at radius 2 is 1.92 bits per heavy atom. The van der Waals surface area contributed by atoms with E-state index < -0.39 is 11.9 Å². The van der Waals surface area contributed by atoms with E-state index in [4.69, 9.17) is 26.1 Å². The molecule has 0 bridgehead atoms. The molecule has 4 aromatic rings. The van der Waals surface area contributed by atoms with Crippen LogP contribution in [0.4, 0.5) is 0 Å². The molecule has 0 unspecified atom stereocenters. The number of hydrogen-bond acceptors (Lipinski definition) is 6. The second kappa shape index (κ2) is 11.3. The van der Waals surface area contributed by atoms with Crippen LogP contribution in [0.1, 0.15) is 28.4 Å². The maximum absolute atomic E-state index is 13.4. The van der Waals surface area contributed by atoms with Crippen LogP contribution in [0.15, 0.2) is 64.5 Å². The van der Waals surface area contributed by atoms with Crippen LogP contribution in [-0.4, -0.2) is 46.2 Å². The summed E-state index contributed by atoms with van der Waals surface area (Å²) in [7, 11) is 1.52. The van der Waals surface area contributed by atoms with Crippen molar-refractivity contribution in [2.24, 2.45) is 4.99 Å². The number of carbonyl (C=O) groups excluding carboxylic acids is 2. The zero-order valence-electron chi connectivity index (χ0n) is 20.6. The van der Waals surface area contributed by atoms with Gasteiger partial charge in [-0.25, -0.2) is 9.78 Å². The van der Waals surface area contributed by atoms with Gasteiger partial charge in [-0.2, -0.15) is 4.99 Å². The van der Waals surface area contributed by atoms with Gasteiger partial charge in [-0.1, -0.05) is 29.8 Å². The maximum atomic E-state index is 13.4. The second-order valence-corrected chi connectivity index (χ2v) is 8.56. The van der Waals surface area contributed by atoms with Crippen molar-refractivity contribution < 1.29 is 19.1 Å². The van der Waals surface area contributed by atoms with Gasteiger partial charge >= 0.3 is 5.97 Å². The fourth-order valence-electron chi connectivity index (χ4n) is 3.84. The topological polar surface area (TPSA) is 104 Å². The lowest BCUT2D eigenvalue weighted by atomic mass is 10.2. The van der Waals surface area contributed by atoms with Gasteiger partial charge in [0.2, 0.25) is 0 Å². The Morgan fingerprint density at radius 3 is 2.62 bits per heavy atom. The monoisotopic (exact) mass is 520 g/mol. The van der Waals surface area contributed by atoms with Crippen LogP contribution in [0.3, 0.4) is 0 Å². The zero-order chi connectivity index (χ0) is 26.5. The molecule has 3 heterocycles. The van der Waals surface area contributed by atoms with Crippen molar-refractivity contribution in [3.63, 3.8) is 0 Å². The molecule has 9 nitrogen and oxygen atoms in total. The van der Waals surface area contributed by atoms with Gasteiger partial charge in [-0.3, -0.25) is 14.0 Å². The summed E-state index contributed by atoms with van der Waals surface area (Å²) >= 11 is 5.92. The number of benzene rings is 1. The van der Waals surface area contributed by atoms with Gasteiger partial charge in [-0.05, 0) is 55.3 Å². The van der Waals surface area contributed by atoms with Crippen molar-refractivity contribution in [3.05, 3.63) is 92.3 Å². The second-order valence-electron chi connectivity index (χ2n) is 8.12. The summed E-state index contributed by atoms with van der Waals surface area (Å²) in [6.07, 6.45) is 4.49. The molecule has 1 amide bonds. The first kappa shape index (κ1) is 26.0. The summed E-state index contributed by atoms with van der Waals surface area (Å²) in [5.74, 6) is -1.32. The van der Waals surface area contributed by atoms with E-state index >= 15 is 0 Å². The molecular formula is C27H25ClN4O5. The summed E-state index contributed by atoms with van der Waals surface area (Å²) < 4.78 is 13.5. The molecule has 10 heteroatoms. The van der Waals surface area contributed by atoms with Gasteiger partial charge in [0.25, 0.3) is 11.5 Å². The number of carbonyl (C=O) groups is 2. The van der Waals surface area contributed by atoms with Crippen molar-refractivity contribution in [2.45, 2.75) is 20.4 Å². The molecule has 0 N–H and O–H groups in total. The quantitative estimate of drug-likeness (QED) is 0.209. The highest BCUT2D eigenvalue weighted by Gasteiger charge is 2.20. The molecule has 0 aliphatic carbocycles. The number of fused-ring (bicyclic) bond motifs is 2. The predicted octanol–water partition coefficient (Wildman–Crippen LogP) is 3.57. The molecule has 0 saturated heterocycles. The standard InChI is InChI=1S/C27H25ClN4O5/c1-4-37-27(35)21-16-20-24(30-23-17(2)6-5-13-32(23)26(20)34)31(14-15-36-3)25(21)29-22(33)12-9-18-7-10-19(28)11-8-18/h5-13,16H,4,14-15H2,1-3H3. The van der Waals surface area contributed by atoms with Crippen LogP contribution in [0.5, 0.6) is 0 Å². The molecular weight excluding hydrogens is 496 g/mol. The van der Waals surface area contributed by atoms with Crippen molar-refractivity contribution in [3.8, 4) is 0 Å². The minimum atomic E-state index is -0.711. The molecule has 4 rings (SSSR count). The van der Waals surface area contributed by atoms with Crippen molar-refractivity contribution >= 4 is 46.2 Å². The minimum Gasteiger partial charge on any atom is -0.462 e. The van der Waals surface area contributed by atoms with E-state index in [0.717, 1.165) is 11.1 Å². The zero-order valence-corrected chi connectivity index (χ0v) is 21.4. The van der Waals surface area contributed by atoms with Gasteiger partial charge in [0.15, 0.2) is 5.49 Å². The fraction of sp³-hybridized carbons (Fsp3) is 0.222. The number of esters is 1. The molecule has 0 atom stereocenters. The van der Waals surface area contributed by atoms with Crippen LogP contribution >= 0.6 is 11.6 Å². The largest absolute Gasteiger partial charge is 0.462 e. The third kappa shape index (κ3) is 5.52. The van der Waals surface area contributed by atoms with Crippen molar-refractivity contribution in [2.75, 3.05) is 20.3 Å². The SMILES string of the molecule is CCOC(=O)c1cc2c(=O)n3cccc(C)c3nc2n(CCOC)c1=NC(=O)C=Cc1ccc(Cl)cc1. The van der Waals surface area contributed by atoms with Crippen LogP contribution < -0.4 is 11.0 Å². The first-order valence-corrected chi connectivity index (χ1v) is 12.0. The lowest BCUT2D eigenvalue weighted by Gasteiger charge is -2.15. The Hall–Kier alpha value is -4.08. The number of methoxy groups -OCH3 is 1. The Balaban J connectivity index is 2.01.